The van der Waals surface area contributed by atoms with Crippen LogP contribution in [0.2, 0.25) is 0 Å². The van der Waals surface area contributed by atoms with E-state index in [0.29, 0.717) is 0 Å². The van der Waals surface area contributed by atoms with E-state index in [-0.39, 0.29) is 0 Å². The first-order chi connectivity index (χ1) is 7.24. The van der Waals surface area contributed by atoms with Crippen LogP contribution in [0.15, 0.2) is 48.5 Å². The molecule has 3 heteroatoms. The Morgan fingerprint density at radius 1 is 1.00 bits per heavy atom. The summed E-state index contributed by atoms with van der Waals surface area (Å²) in [6.45, 7) is 0. The predicted octanol–water partition coefficient (Wildman–Crippen LogP) is 2.72. The standard InChI is InChI=1S/C10H8.C2H5NO2/c1-2-6-10-8-4-3-7-9(10)5-1;1-3-2(4)5/h1-8H;3H,1H3,(H,4,5). The van der Waals surface area contributed by atoms with Crippen molar-refractivity contribution in [2.45, 2.75) is 0 Å². The van der Waals surface area contributed by atoms with Crippen molar-refractivity contribution in [1.29, 1.82) is 0 Å². The molecule has 2 aromatic carbocycles. The van der Waals surface area contributed by atoms with E-state index in [0.717, 1.165) is 0 Å². The van der Waals surface area contributed by atoms with E-state index < -0.39 is 6.09 Å². The van der Waals surface area contributed by atoms with Crippen LogP contribution in [0.5, 0.6) is 0 Å². The lowest BCUT2D eigenvalue weighted by Gasteiger charge is -1.92. The second-order valence-electron chi connectivity index (χ2n) is 2.90. The monoisotopic (exact) mass is 203 g/mol. The molecule has 0 fully saturated rings. The summed E-state index contributed by atoms with van der Waals surface area (Å²) in [6.07, 6.45) is -0.995. The minimum absolute atomic E-state index is 0.995. The van der Waals surface area contributed by atoms with Crippen molar-refractivity contribution >= 4 is 16.9 Å². The first-order valence-corrected chi connectivity index (χ1v) is 4.58. The third kappa shape index (κ3) is 3.68. The first kappa shape index (κ1) is 11.0. The molecule has 3 nitrogen and oxygen atoms in total. The molecule has 2 aromatic rings. The van der Waals surface area contributed by atoms with Gasteiger partial charge >= 0.3 is 6.09 Å². The summed E-state index contributed by atoms with van der Waals surface area (Å²) < 4.78 is 0. The SMILES string of the molecule is CNC(=O)O.c1ccc2ccccc2c1. The second-order valence-corrected chi connectivity index (χ2v) is 2.90. The average molecular weight is 203 g/mol. The summed E-state index contributed by atoms with van der Waals surface area (Å²) in [5.74, 6) is 0. The summed E-state index contributed by atoms with van der Waals surface area (Å²) in [5, 5.41) is 12.2. The van der Waals surface area contributed by atoms with E-state index in [1.807, 2.05) is 5.32 Å². The average Bonchev–Trinajstić information content (AvgIpc) is 2.30. The van der Waals surface area contributed by atoms with Crippen LogP contribution in [0.4, 0.5) is 4.79 Å². The molecule has 0 aliphatic carbocycles. The molecule has 0 bridgehead atoms. The Morgan fingerprint density at radius 3 is 1.47 bits per heavy atom. The van der Waals surface area contributed by atoms with Crippen molar-refractivity contribution in [3.05, 3.63) is 48.5 Å². The van der Waals surface area contributed by atoms with Gasteiger partial charge in [-0.1, -0.05) is 48.5 Å². The molecule has 0 heterocycles. The van der Waals surface area contributed by atoms with Crippen molar-refractivity contribution in [3.63, 3.8) is 0 Å². The maximum Gasteiger partial charge on any atom is 0.404 e. The van der Waals surface area contributed by atoms with Gasteiger partial charge in [0.1, 0.15) is 0 Å². The molecule has 78 valence electrons. The Hall–Kier alpha value is -2.03. The molecule has 0 saturated heterocycles. The molecule has 0 aliphatic heterocycles. The summed E-state index contributed by atoms with van der Waals surface area (Å²) in [4.78, 5) is 9.26. The van der Waals surface area contributed by atoms with E-state index in [1.54, 1.807) is 0 Å². The number of carboxylic acid groups (broad SMARTS) is 1. The molecular weight excluding hydrogens is 190 g/mol. The van der Waals surface area contributed by atoms with Gasteiger partial charge in [-0.25, -0.2) is 4.79 Å². The van der Waals surface area contributed by atoms with Crippen molar-refractivity contribution in [2.75, 3.05) is 7.05 Å². The van der Waals surface area contributed by atoms with Crippen LogP contribution in [-0.2, 0) is 0 Å². The minimum atomic E-state index is -0.995. The Labute approximate surface area is 88.4 Å². The van der Waals surface area contributed by atoms with E-state index in [4.69, 9.17) is 5.11 Å². The minimum Gasteiger partial charge on any atom is -0.465 e. The predicted molar refractivity (Wildman–Crippen MR) is 61.0 cm³/mol. The van der Waals surface area contributed by atoms with Crippen molar-refractivity contribution < 1.29 is 9.90 Å². The number of benzene rings is 2. The Kier molecular flexibility index (Phi) is 4.16. The van der Waals surface area contributed by atoms with Gasteiger partial charge in [0.25, 0.3) is 0 Å². The Bertz CT molecular complexity index is 375. The van der Waals surface area contributed by atoms with Gasteiger partial charge in [-0.3, -0.25) is 0 Å². The van der Waals surface area contributed by atoms with E-state index >= 15 is 0 Å². The van der Waals surface area contributed by atoms with Crippen LogP contribution in [0.1, 0.15) is 0 Å². The number of hydrogen-bond acceptors (Lipinski definition) is 1. The van der Waals surface area contributed by atoms with Gasteiger partial charge in [-0.05, 0) is 10.8 Å². The second kappa shape index (κ2) is 5.65. The highest BCUT2D eigenvalue weighted by Gasteiger charge is 1.85. The van der Waals surface area contributed by atoms with Crippen LogP contribution < -0.4 is 5.32 Å². The summed E-state index contributed by atoms with van der Waals surface area (Å²) >= 11 is 0. The fraction of sp³-hybridized carbons (Fsp3) is 0.0833. The van der Waals surface area contributed by atoms with Crippen LogP contribution >= 0.6 is 0 Å². The largest absolute Gasteiger partial charge is 0.465 e. The fourth-order valence-electron chi connectivity index (χ4n) is 1.13. The molecule has 1 amide bonds. The first-order valence-electron chi connectivity index (χ1n) is 4.58. The third-order valence-corrected chi connectivity index (χ3v) is 1.87. The van der Waals surface area contributed by atoms with Gasteiger partial charge in [0.15, 0.2) is 0 Å². The lowest BCUT2D eigenvalue weighted by molar-refractivity contribution is 0.197. The zero-order chi connectivity index (χ0) is 11.1. The highest BCUT2D eigenvalue weighted by Crippen LogP contribution is 2.11. The Morgan fingerprint density at radius 2 is 1.27 bits per heavy atom. The van der Waals surface area contributed by atoms with Crippen molar-refractivity contribution in [2.24, 2.45) is 0 Å². The number of carbonyl (C=O) groups is 1. The molecule has 0 atom stereocenters. The summed E-state index contributed by atoms with van der Waals surface area (Å²) in [6, 6.07) is 16.7. The number of fused-ring (bicyclic) bond motifs is 1. The molecule has 0 aromatic heterocycles. The summed E-state index contributed by atoms with van der Waals surface area (Å²) in [7, 11) is 1.35. The molecule has 0 unspecified atom stereocenters. The zero-order valence-corrected chi connectivity index (χ0v) is 8.47. The van der Waals surface area contributed by atoms with Crippen LogP contribution in [0.25, 0.3) is 10.8 Å². The van der Waals surface area contributed by atoms with Gasteiger partial charge in [-0.15, -0.1) is 0 Å². The molecule has 0 aliphatic rings. The van der Waals surface area contributed by atoms with Gasteiger partial charge in [0, 0.05) is 7.05 Å². The van der Waals surface area contributed by atoms with Gasteiger partial charge in [0.05, 0.1) is 0 Å². The van der Waals surface area contributed by atoms with Crippen LogP contribution in [-0.4, -0.2) is 18.2 Å². The molecule has 0 radical (unpaired) electrons. The quantitative estimate of drug-likeness (QED) is 0.691. The molecule has 15 heavy (non-hydrogen) atoms. The van der Waals surface area contributed by atoms with Crippen LogP contribution in [0.3, 0.4) is 0 Å². The smallest absolute Gasteiger partial charge is 0.404 e. The van der Waals surface area contributed by atoms with E-state index in [9.17, 15) is 4.79 Å². The van der Waals surface area contributed by atoms with E-state index in [1.165, 1.54) is 17.8 Å². The maximum atomic E-state index is 9.26. The maximum absolute atomic E-state index is 9.26. The lowest BCUT2D eigenvalue weighted by Crippen LogP contribution is -2.13. The van der Waals surface area contributed by atoms with Crippen LogP contribution in [0, 0.1) is 0 Å². The Balaban J connectivity index is 0.000000195. The fourth-order valence-corrected chi connectivity index (χ4v) is 1.13. The summed E-state index contributed by atoms with van der Waals surface area (Å²) in [5.41, 5.74) is 0. The number of nitrogens with one attached hydrogen (secondary N) is 1. The molecular formula is C12H13NO2. The third-order valence-electron chi connectivity index (χ3n) is 1.87. The number of hydrogen-bond donors (Lipinski definition) is 2. The van der Waals surface area contributed by atoms with Crippen molar-refractivity contribution in [3.8, 4) is 0 Å². The molecule has 2 N–H and O–H groups in total. The topological polar surface area (TPSA) is 49.3 Å². The normalized spacial score (nSPS) is 8.87. The van der Waals surface area contributed by atoms with Gasteiger partial charge < -0.3 is 10.4 Å². The molecule has 0 spiro atoms. The van der Waals surface area contributed by atoms with Gasteiger partial charge in [-0.2, -0.15) is 0 Å². The molecule has 2 rings (SSSR count). The number of rotatable bonds is 0. The van der Waals surface area contributed by atoms with Gasteiger partial charge in [0.2, 0.25) is 0 Å². The highest BCUT2D eigenvalue weighted by atomic mass is 16.4. The zero-order valence-electron chi connectivity index (χ0n) is 8.47. The number of amides is 1. The lowest BCUT2D eigenvalue weighted by atomic mass is 10.1. The van der Waals surface area contributed by atoms with Crippen molar-refractivity contribution in [1.82, 2.24) is 5.32 Å². The van der Waals surface area contributed by atoms with E-state index in [2.05, 4.69) is 48.5 Å². The highest BCUT2D eigenvalue weighted by molar-refractivity contribution is 5.81. The molecule has 0 saturated carbocycles.